The maximum Gasteiger partial charge on any atom is 0.290 e. The summed E-state index contributed by atoms with van der Waals surface area (Å²) in [5.74, 6) is 1.39. The lowest BCUT2D eigenvalue weighted by Gasteiger charge is -2.31. The molecule has 6 rings (SSSR count). The number of aliphatic hydroxyl groups excluding tert-OH is 1. The highest BCUT2D eigenvalue weighted by molar-refractivity contribution is 6.39. The second-order valence-electron chi connectivity index (χ2n) is 12.3. The molecule has 4 aromatic rings. The van der Waals surface area contributed by atoms with Crippen molar-refractivity contribution in [3.63, 3.8) is 0 Å². The van der Waals surface area contributed by atoms with Crippen LogP contribution in [0.4, 0.5) is 0 Å². The number of pyridine rings is 2. The molecule has 2 aliphatic heterocycles. The Morgan fingerprint density at radius 1 is 1.02 bits per heavy atom. The third kappa shape index (κ3) is 10.4. The Morgan fingerprint density at radius 3 is 2.40 bits per heavy atom. The number of nitrogens with zero attached hydrogens (tertiary/aromatic N) is 3. The van der Waals surface area contributed by atoms with Crippen LogP contribution in [0.5, 0.6) is 11.6 Å². The second-order valence-corrected chi connectivity index (χ2v) is 13.1. The zero-order valence-electron chi connectivity index (χ0n) is 29.6. The van der Waals surface area contributed by atoms with Crippen molar-refractivity contribution in [1.29, 1.82) is 0 Å². The molecule has 13 nitrogen and oxygen atoms in total. The lowest BCUT2D eigenvalue weighted by Crippen LogP contribution is -2.35. The molecule has 53 heavy (non-hydrogen) atoms. The summed E-state index contributed by atoms with van der Waals surface area (Å²) in [6, 6.07) is 15.9. The number of amides is 1. The number of carbonyl (C=O) groups excluding carboxylic acids is 1. The topological polar surface area (TPSA) is 183 Å². The highest BCUT2D eigenvalue weighted by atomic mass is 35.5. The zero-order chi connectivity index (χ0) is 38.5. The summed E-state index contributed by atoms with van der Waals surface area (Å²) >= 11 is 14.2. The number of hydrogen-bond donors (Lipinski definition) is 5. The first kappa shape index (κ1) is 41.0. The Hall–Kier alpha value is -4.79. The number of ether oxygens (including phenoxy) is 2. The van der Waals surface area contributed by atoms with Crippen molar-refractivity contribution in [3.8, 4) is 45.3 Å². The van der Waals surface area contributed by atoms with Gasteiger partial charge in [-0.05, 0) is 49.6 Å². The lowest BCUT2D eigenvalue weighted by atomic mass is 9.93. The number of aliphatic hydroxyl groups is 1. The monoisotopic (exact) mass is 767 g/mol. The first-order chi connectivity index (χ1) is 25.6. The number of carbonyl (C=O) groups is 3. The minimum absolute atomic E-state index is 0.101. The summed E-state index contributed by atoms with van der Waals surface area (Å²) in [5.41, 5.74) is 7.69. The normalized spacial score (nSPS) is 15.4. The predicted octanol–water partition coefficient (Wildman–Crippen LogP) is 5.31. The standard InChI is InChI=1S/C36H39Cl2N5O4.2CH2O2/c1-21(44)19-43-14-12-22-15-24(16-31(46-2)29(22)20-43)35-34(38)27(11-13-40-35)26-5-4-6-28(33(26)37)30-9-7-23(36(42-30)47-3)17-39-18-25-8-10-32(45)41-25;2*2-1-3/h4-7,9,11,13,15-16,21,25,39,44H,8,10,12,14,17-20H2,1-3H3,(H,41,45);2*1H,(H,2,3)/t21-,25-;;/m0../s1. The van der Waals surface area contributed by atoms with Gasteiger partial charge in [-0.2, -0.15) is 0 Å². The van der Waals surface area contributed by atoms with Crippen molar-refractivity contribution < 1.29 is 39.2 Å². The smallest absolute Gasteiger partial charge is 0.290 e. The van der Waals surface area contributed by atoms with Gasteiger partial charge < -0.3 is 35.4 Å². The first-order valence-electron chi connectivity index (χ1n) is 16.8. The summed E-state index contributed by atoms with van der Waals surface area (Å²) in [6.45, 7) is 4.72. The molecule has 0 unspecified atom stereocenters. The number of carboxylic acid groups (broad SMARTS) is 2. The maximum atomic E-state index is 11.5. The third-order valence-corrected chi connectivity index (χ3v) is 9.56. The number of β-amino-alcohol motifs (C(OH)–C–C–N with tert-alkyl or cyclic N) is 1. The van der Waals surface area contributed by atoms with Crippen molar-refractivity contribution in [2.45, 2.75) is 51.4 Å². The van der Waals surface area contributed by atoms with Gasteiger partial charge in [0.1, 0.15) is 5.75 Å². The van der Waals surface area contributed by atoms with Gasteiger partial charge in [0, 0.05) is 84.8 Å². The van der Waals surface area contributed by atoms with Crippen molar-refractivity contribution >= 4 is 42.1 Å². The van der Waals surface area contributed by atoms with E-state index in [0.717, 1.165) is 58.5 Å². The first-order valence-corrected chi connectivity index (χ1v) is 17.6. The minimum atomic E-state index is -0.392. The molecule has 2 aliphatic rings. The molecular weight excluding hydrogens is 725 g/mol. The van der Waals surface area contributed by atoms with E-state index in [1.807, 2.05) is 49.4 Å². The zero-order valence-corrected chi connectivity index (χ0v) is 31.2. The Balaban J connectivity index is 0.000000980. The quantitative estimate of drug-likeness (QED) is 0.124. The predicted molar refractivity (Wildman–Crippen MR) is 202 cm³/mol. The molecule has 0 saturated carbocycles. The number of aromatic nitrogens is 2. The largest absolute Gasteiger partial charge is 0.496 e. The molecule has 2 aromatic heterocycles. The summed E-state index contributed by atoms with van der Waals surface area (Å²) in [4.78, 5) is 39.9. The van der Waals surface area contributed by atoms with E-state index in [1.165, 1.54) is 5.56 Å². The van der Waals surface area contributed by atoms with Gasteiger partial charge in [0.2, 0.25) is 11.8 Å². The van der Waals surface area contributed by atoms with E-state index in [1.54, 1.807) is 20.4 Å². The molecular formula is C38H43Cl2N5O8. The highest BCUT2D eigenvalue weighted by Gasteiger charge is 2.24. The molecule has 1 amide bonds. The van der Waals surface area contributed by atoms with Gasteiger partial charge in [0.15, 0.2) is 0 Å². The lowest BCUT2D eigenvalue weighted by molar-refractivity contribution is -0.123. The minimum Gasteiger partial charge on any atom is -0.496 e. The Kier molecular flexibility index (Phi) is 15.4. The van der Waals surface area contributed by atoms with E-state index in [9.17, 15) is 9.90 Å². The van der Waals surface area contributed by atoms with E-state index >= 15 is 0 Å². The molecule has 15 heteroatoms. The van der Waals surface area contributed by atoms with E-state index in [4.69, 9.17) is 57.5 Å². The Labute approximate surface area is 317 Å². The van der Waals surface area contributed by atoms with Gasteiger partial charge in [0.25, 0.3) is 12.9 Å². The molecule has 2 atom stereocenters. The number of hydrogen-bond acceptors (Lipinski definition) is 10. The second kappa shape index (κ2) is 19.9. The van der Waals surface area contributed by atoms with E-state index in [2.05, 4.69) is 26.6 Å². The van der Waals surface area contributed by atoms with Crippen LogP contribution in [0.15, 0.2) is 54.7 Å². The molecule has 282 valence electrons. The van der Waals surface area contributed by atoms with Crippen molar-refractivity contribution in [2.24, 2.45) is 0 Å². The summed E-state index contributed by atoms with van der Waals surface area (Å²) in [7, 11) is 3.28. The third-order valence-electron chi connectivity index (χ3n) is 8.77. The molecule has 0 spiro atoms. The van der Waals surface area contributed by atoms with Crippen LogP contribution in [-0.2, 0) is 33.9 Å². The average Bonchev–Trinajstić information content (AvgIpc) is 3.56. The fraction of sp³-hybridized carbons (Fsp3) is 0.342. The number of methoxy groups -OCH3 is 2. The van der Waals surface area contributed by atoms with Crippen molar-refractivity contribution in [2.75, 3.05) is 33.9 Å². The molecule has 0 aliphatic carbocycles. The van der Waals surface area contributed by atoms with Gasteiger partial charge in [-0.3, -0.25) is 24.3 Å². The van der Waals surface area contributed by atoms with Gasteiger partial charge in [-0.15, -0.1) is 0 Å². The van der Waals surface area contributed by atoms with Gasteiger partial charge >= 0.3 is 0 Å². The highest BCUT2D eigenvalue weighted by Crippen LogP contribution is 2.43. The van der Waals surface area contributed by atoms with Crippen LogP contribution in [0.1, 0.15) is 36.5 Å². The summed E-state index contributed by atoms with van der Waals surface area (Å²) in [5, 5.41) is 31.1. The van der Waals surface area contributed by atoms with Gasteiger partial charge in [-0.1, -0.05) is 47.5 Å². The fourth-order valence-electron chi connectivity index (χ4n) is 6.47. The van der Waals surface area contributed by atoms with E-state index < -0.39 is 6.10 Å². The Morgan fingerprint density at radius 2 is 1.74 bits per heavy atom. The van der Waals surface area contributed by atoms with Crippen LogP contribution in [0.3, 0.4) is 0 Å². The number of benzene rings is 2. The van der Waals surface area contributed by atoms with Gasteiger partial charge in [-0.25, -0.2) is 4.98 Å². The molecule has 0 radical (unpaired) electrons. The number of rotatable bonds is 11. The maximum absolute atomic E-state index is 11.5. The van der Waals surface area contributed by atoms with Crippen LogP contribution in [0.25, 0.3) is 33.6 Å². The molecule has 0 bridgehead atoms. The van der Waals surface area contributed by atoms with Crippen LogP contribution in [0, 0.1) is 0 Å². The molecule has 1 fully saturated rings. The Bertz CT molecular complexity index is 1870. The summed E-state index contributed by atoms with van der Waals surface area (Å²) < 4.78 is 11.5. The van der Waals surface area contributed by atoms with Crippen LogP contribution in [0.2, 0.25) is 10.0 Å². The number of nitrogens with one attached hydrogen (secondary N) is 2. The van der Waals surface area contributed by atoms with E-state index in [0.29, 0.717) is 59.9 Å². The molecule has 5 N–H and O–H groups in total. The van der Waals surface area contributed by atoms with Crippen LogP contribution >= 0.6 is 23.2 Å². The van der Waals surface area contributed by atoms with Crippen LogP contribution in [-0.4, -0.2) is 95.0 Å². The summed E-state index contributed by atoms with van der Waals surface area (Å²) in [6.07, 6.45) is 3.60. The van der Waals surface area contributed by atoms with Crippen LogP contribution < -0.4 is 20.1 Å². The van der Waals surface area contributed by atoms with Crippen molar-refractivity contribution in [3.05, 3.63) is 81.5 Å². The average molecular weight is 769 g/mol. The van der Waals surface area contributed by atoms with E-state index in [-0.39, 0.29) is 24.9 Å². The fourth-order valence-corrected chi connectivity index (χ4v) is 7.12. The molecule has 2 aromatic carbocycles. The molecule has 1 saturated heterocycles. The van der Waals surface area contributed by atoms with Gasteiger partial charge in [0.05, 0.1) is 41.8 Å². The SMILES string of the molecule is COc1cc(-c2nccc(-c3cccc(-c4ccc(CNC[C@@H]5CCC(=O)N5)c(OC)n4)c3Cl)c2Cl)cc2c1CN(C[C@H](C)O)CC2.O=CO.O=CO. The number of fused-ring (bicyclic) bond motifs is 1. The number of halogens is 2. The van der Waals surface area contributed by atoms with Crippen molar-refractivity contribution in [1.82, 2.24) is 25.5 Å². The molecule has 4 heterocycles.